The largest absolute Gasteiger partial charge is 0.416 e. The van der Waals surface area contributed by atoms with E-state index in [0.29, 0.717) is 35.9 Å². The van der Waals surface area contributed by atoms with Gasteiger partial charge in [0.15, 0.2) is 15.0 Å². The number of benzene rings is 2. The fourth-order valence-corrected chi connectivity index (χ4v) is 6.69. The van der Waals surface area contributed by atoms with Crippen molar-refractivity contribution in [2.24, 2.45) is 0 Å². The Morgan fingerprint density at radius 3 is 2.40 bits per heavy atom. The Hall–Kier alpha value is -3.18. The Morgan fingerprint density at radius 2 is 1.80 bits per heavy atom. The van der Waals surface area contributed by atoms with Gasteiger partial charge >= 0.3 is 12.8 Å². The second kappa shape index (κ2) is 14.9. The lowest BCUT2D eigenvalue weighted by atomic mass is 10.1. The second-order valence-electron chi connectivity index (χ2n) is 10.3. The monoisotopic (exact) mass is 676 g/mol. The third-order valence-electron chi connectivity index (χ3n) is 7.29. The number of carbonyl (C=O) groups is 1. The van der Waals surface area contributed by atoms with Gasteiger partial charge in [0, 0.05) is 33.3 Å². The molecule has 2 heterocycles. The highest BCUT2D eigenvalue weighted by Gasteiger charge is 2.32. The predicted octanol–water partition coefficient (Wildman–Crippen LogP) is 5.00. The Bertz CT molecular complexity index is 1520. The third kappa shape index (κ3) is 9.19. The Labute approximate surface area is 261 Å². The van der Waals surface area contributed by atoms with Crippen LogP contribution in [0.2, 0.25) is 0 Å². The zero-order valence-electron chi connectivity index (χ0n) is 24.5. The number of hydrogen-bond acceptors (Lipinski definition) is 9. The number of aromatic nitrogens is 1. The quantitative estimate of drug-likeness (QED) is 0.253. The van der Waals surface area contributed by atoms with Crippen molar-refractivity contribution in [3.63, 3.8) is 0 Å². The molecule has 1 fully saturated rings. The summed E-state index contributed by atoms with van der Waals surface area (Å²) in [5.74, 6) is -0.492. The molecule has 16 heteroatoms. The van der Waals surface area contributed by atoms with Crippen molar-refractivity contribution in [1.29, 1.82) is 0 Å². The molecular weight excluding hydrogens is 643 g/mol. The number of hydrogen-bond donors (Lipinski definition) is 1. The molecule has 1 aliphatic heterocycles. The smallest absolute Gasteiger partial charge is 0.382 e. The molecule has 1 saturated heterocycles. The van der Waals surface area contributed by atoms with Gasteiger partial charge in [-0.2, -0.15) is 22.0 Å². The van der Waals surface area contributed by atoms with Crippen LogP contribution in [-0.4, -0.2) is 82.6 Å². The molecule has 1 N–H and O–H groups in total. The van der Waals surface area contributed by atoms with E-state index in [1.165, 1.54) is 37.6 Å². The van der Waals surface area contributed by atoms with Gasteiger partial charge in [-0.3, -0.25) is 9.69 Å². The maximum absolute atomic E-state index is 13.2. The molecule has 1 aromatic heterocycles. The maximum Gasteiger partial charge on any atom is 0.416 e. The molecule has 2 atom stereocenters. The first-order valence-electron chi connectivity index (χ1n) is 13.9. The van der Waals surface area contributed by atoms with Crippen LogP contribution in [0, 0.1) is 0 Å². The molecule has 1 aliphatic rings. The van der Waals surface area contributed by atoms with Gasteiger partial charge in [-0.25, -0.2) is 13.4 Å². The second-order valence-corrected chi connectivity index (χ2v) is 13.6. The van der Waals surface area contributed by atoms with Crippen LogP contribution >= 0.6 is 11.3 Å². The first-order chi connectivity index (χ1) is 21.3. The van der Waals surface area contributed by atoms with Crippen molar-refractivity contribution in [2.75, 3.05) is 50.6 Å². The van der Waals surface area contributed by atoms with E-state index in [1.54, 1.807) is 24.0 Å². The molecule has 45 heavy (non-hydrogen) atoms. The van der Waals surface area contributed by atoms with Crippen LogP contribution in [0.15, 0.2) is 59.6 Å². The summed E-state index contributed by atoms with van der Waals surface area (Å²) in [5.41, 5.74) is 0.528. The Morgan fingerprint density at radius 1 is 1.11 bits per heavy atom. The van der Waals surface area contributed by atoms with Crippen molar-refractivity contribution in [1.82, 2.24) is 15.2 Å². The van der Waals surface area contributed by atoms with Crippen molar-refractivity contribution in [3.05, 3.63) is 76.3 Å². The number of nitrogens with zero attached hydrogens (tertiary/aromatic N) is 3. The van der Waals surface area contributed by atoms with Crippen LogP contribution in [0.25, 0.3) is 0 Å². The first-order valence-corrected chi connectivity index (χ1v) is 16.4. The molecule has 0 bridgehead atoms. The van der Waals surface area contributed by atoms with E-state index in [9.17, 15) is 35.2 Å². The lowest BCUT2D eigenvalue weighted by Gasteiger charge is -2.41. The van der Waals surface area contributed by atoms with Crippen LogP contribution in [0.1, 0.15) is 39.3 Å². The molecule has 1 amide bonds. The number of nitrogens with one attached hydrogen (secondary N) is 1. The normalized spacial score (nSPS) is 17.1. The van der Waals surface area contributed by atoms with E-state index in [2.05, 4.69) is 15.0 Å². The van der Waals surface area contributed by atoms with Gasteiger partial charge in [-0.1, -0.05) is 42.5 Å². The molecule has 0 aliphatic carbocycles. The molecule has 0 spiro atoms. The fraction of sp³-hybridized carbons (Fsp3) is 0.448. The summed E-state index contributed by atoms with van der Waals surface area (Å²) in [6, 6.07) is 9.83. The summed E-state index contributed by atoms with van der Waals surface area (Å²) in [4.78, 5) is 21.7. The number of carbonyl (C=O) groups excluding carboxylic acids is 1. The number of halogens is 5. The summed E-state index contributed by atoms with van der Waals surface area (Å²) in [7, 11) is -1.92. The Balaban J connectivity index is 1.44. The van der Waals surface area contributed by atoms with E-state index in [4.69, 9.17) is 4.74 Å². The molecule has 2 aromatic carbocycles. The SMILES string of the molecule is CCS(=O)(=O)c1ccc([C@H](COC)NC(=O)c2cnc(N3CCN(Cc4ccc(C(F)(F)F)cc4)C[C@H]3COC(F)F)s2)cc1. The number of alkyl halides is 5. The highest BCUT2D eigenvalue weighted by molar-refractivity contribution is 7.91. The number of amides is 1. The zero-order valence-corrected chi connectivity index (χ0v) is 26.1. The van der Waals surface area contributed by atoms with E-state index in [-0.39, 0.29) is 35.3 Å². The molecule has 9 nitrogen and oxygen atoms in total. The van der Waals surface area contributed by atoms with Gasteiger partial charge in [-0.05, 0) is 35.4 Å². The van der Waals surface area contributed by atoms with E-state index >= 15 is 0 Å². The summed E-state index contributed by atoms with van der Waals surface area (Å²) in [6.45, 7) is -0.253. The fourth-order valence-electron chi connectivity index (χ4n) is 4.89. The van der Waals surface area contributed by atoms with Gasteiger partial charge < -0.3 is 19.7 Å². The lowest BCUT2D eigenvalue weighted by Crippen LogP contribution is -2.55. The van der Waals surface area contributed by atoms with Gasteiger partial charge in [0.05, 0.1) is 47.7 Å². The molecule has 246 valence electrons. The molecule has 0 saturated carbocycles. The van der Waals surface area contributed by atoms with Crippen LogP contribution in [0.4, 0.5) is 27.1 Å². The number of anilines is 1. The number of methoxy groups -OCH3 is 1. The zero-order chi connectivity index (χ0) is 32.8. The van der Waals surface area contributed by atoms with Crippen molar-refractivity contribution in [2.45, 2.75) is 43.2 Å². The number of sulfone groups is 1. The summed E-state index contributed by atoms with van der Waals surface area (Å²) < 4.78 is 98.9. The minimum absolute atomic E-state index is 0.0401. The number of thiazole rings is 1. The van der Waals surface area contributed by atoms with Gasteiger partial charge in [0.1, 0.15) is 4.88 Å². The highest BCUT2D eigenvalue weighted by Crippen LogP contribution is 2.31. The number of rotatable bonds is 13. The number of piperazine rings is 1. The van der Waals surface area contributed by atoms with Crippen molar-refractivity contribution < 1.29 is 44.6 Å². The molecule has 0 radical (unpaired) electrons. The first kappa shape index (κ1) is 34.7. The van der Waals surface area contributed by atoms with Crippen LogP contribution in [-0.2, 0) is 32.0 Å². The summed E-state index contributed by atoms with van der Waals surface area (Å²) in [5, 5.41) is 3.30. The lowest BCUT2D eigenvalue weighted by molar-refractivity contribution is -0.137. The summed E-state index contributed by atoms with van der Waals surface area (Å²) in [6.07, 6.45) is -3.06. The van der Waals surface area contributed by atoms with Crippen molar-refractivity contribution in [3.8, 4) is 0 Å². The Kier molecular flexibility index (Phi) is 11.5. The van der Waals surface area contributed by atoms with E-state index in [1.807, 2.05) is 4.90 Å². The van der Waals surface area contributed by atoms with Gasteiger partial charge in [0.2, 0.25) is 0 Å². The standard InChI is InChI=1S/C29H33F5N4O5S2/c1-3-45(40,41)23-10-6-20(7-11-23)24(18-42-2)36-26(39)25-14-35-28(44-25)38-13-12-37(16-22(38)17-43-27(30)31)15-19-4-8-21(9-5-19)29(32,33)34/h4-11,14,22,24,27H,3,12-13,15-18H2,1-2H3,(H,36,39)/t22-,24-/m0/s1. The highest BCUT2D eigenvalue weighted by atomic mass is 32.2. The predicted molar refractivity (Wildman–Crippen MR) is 158 cm³/mol. The van der Waals surface area contributed by atoms with Crippen LogP contribution in [0.3, 0.4) is 0 Å². The molecule has 3 aromatic rings. The average molecular weight is 677 g/mol. The summed E-state index contributed by atoms with van der Waals surface area (Å²) >= 11 is 1.07. The maximum atomic E-state index is 13.2. The van der Waals surface area contributed by atoms with Gasteiger partial charge in [-0.15, -0.1) is 0 Å². The topological polar surface area (TPSA) is 101 Å². The minimum Gasteiger partial charge on any atom is -0.382 e. The van der Waals surface area contributed by atoms with Crippen LogP contribution in [0.5, 0.6) is 0 Å². The average Bonchev–Trinajstić information content (AvgIpc) is 3.50. The van der Waals surface area contributed by atoms with E-state index < -0.39 is 46.2 Å². The third-order valence-corrected chi connectivity index (χ3v) is 10.1. The molecular formula is C29H33F5N4O5S2. The molecule has 4 rings (SSSR count). The number of ether oxygens (including phenoxy) is 2. The van der Waals surface area contributed by atoms with E-state index in [0.717, 1.165) is 23.5 Å². The minimum atomic E-state index is -4.44. The van der Waals surface area contributed by atoms with Crippen molar-refractivity contribution >= 4 is 32.2 Å². The molecule has 0 unspecified atom stereocenters. The van der Waals surface area contributed by atoms with Crippen LogP contribution < -0.4 is 10.2 Å². The van der Waals surface area contributed by atoms with Gasteiger partial charge in [0.25, 0.3) is 5.91 Å².